The lowest BCUT2D eigenvalue weighted by Gasteiger charge is -1.89. The van der Waals surface area contributed by atoms with Crippen molar-refractivity contribution in [2.24, 2.45) is 0 Å². The number of thioether (sulfide) groups is 1. The molecule has 2 aromatic rings. The molecule has 0 spiro atoms. The summed E-state index contributed by atoms with van der Waals surface area (Å²) in [5, 5.41) is 5.40. The quantitative estimate of drug-likeness (QED) is 0.767. The number of aryl methyl sites for hydroxylation is 1. The van der Waals surface area contributed by atoms with Crippen molar-refractivity contribution in [1.82, 2.24) is 9.55 Å². The van der Waals surface area contributed by atoms with Gasteiger partial charge in [-0.15, -0.1) is 12.4 Å². The van der Waals surface area contributed by atoms with E-state index in [1.807, 2.05) is 11.8 Å². The first-order valence-corrected chi connectivity index (χ1v) is 6.09. The Morgan fingerprint density at radius 1 is 1.43 bits per heavy atom. The third-order valence-electron chi connectivity index (χ3n) is 2.12. The highest BCUT2D eigenvalue weighted by atomic mass is 35.5. The van der Waals surface area contributed by atoms with Crippen LogP contribution in [0, 0.1) is 0 Å². The van der Waals surface area contributed by atoms with Crippen molar-refractivity contribution in [1.29, 1.82) is 0 Å². The van der Waals surface area contributed by atoms with E-state index in [0.29, 0.717) is 0 Å². The summed E-state index contributed by atoms with van der Waals surface area (Å²) >= 11 is 3.56. The fourth-order valence-electron chi connectivity index (χ4n) is 1.46. The Labute approximate surface area is 96.8 Å². The summed E-state index contributed by atoms with van der Waals surface area (Å²) in [7, 11) is 0. The minimum Gasteiger partial charge on any atom is -0.325 e. The Morgan fingerprint density at radius 3 is 3.07 bits per heavy atom. The number of hydrogen-bond donors (Lipinski definition) is 0. The highest BCUT2D eigenvalue weighted by Gasteiger charge is 2.14. The number of imidazole rings is 1. The molecule has 0 atom stereocenters. The second kappa shape index (κ2) is 3.96. The first kappa shape index (κ1) is 10.1. The predicted molar refractivity (Wildman–Crippen MR) is 63.5 cm³/mol. The molecule has 2 nitrogen and oxygen atoms in total. The van der Waals surface area contributed by atoms with Gasteiger partial charge in [0.05, 0.1) is 5.69 Å². The largest absolute Gasteiger partial charge is 0.325 e. The Bertz CT molecular complexity index is 400. The molecule has 0 radical (unpaired) electrons. The minimum absolute atomic E-state index is 0. The Kier molecular flexibility index (Phi) is 2.85. The molecule has 0 bridgehead atoms. The van der Waals surface area contributed by atoms with Crippen LogP contribution in [-0.4, -0.2) is 15.3 Å². The van der Waals surface area contributed by atoms with Gasteiger partial charge in [0.1, 0.15) is 0 Å². The number of rotatable bonds is 1. The number of halogens is 1. The van der Waals surface area contributed by atoms with Crippen molar-refractivity contribution < 1.29 is 0 Å². The van der Waals surface area contributed by atoms with Crippen LogP contribution in [0.1, 0.15) is 0 Å². The van der Waals surface area contributed by atoms with Crippen molar-refractivity contribution in [2.75, 3.05) is 5.75 Å². The zero-order valence-corrected chi connectivity index (χ0v) is 9.79. The summed E-state index contributed by atoms with van der Waals surface area (Å²) in [6.45, 7) is 1.11. The maximum Gasteiger partial charge on any atom is 0.168 e. The molecule has 0 saturated heterocycles. The van der Waals surface area contributed by atoms with Gasteiger partial charge in [-0.05, 0) is 11.4 Å². The molecule has 3 heterocycles. The van der Waals surface area contributed by atoms with Crippen LogP contribution in [0.25, 0.3) is 11.3 Å². The number of fused-ring (bicyclic) bond motifs is 1. The van der Waals surface area contributed by atoms with Gasteiger partial charge < -0.3 is 4.57 Å². The van der Waals surface area contributed by atoms with Gasteiger partial charge in [0.2, 0.25) is 0 Å². The van der Waals surface area contributed by atoms with E-state index in [4.69, 9.17) is 0 Å². The number of hydrogen-bond acceptors (Lipinski definition) is 3. The van der Waals surface area contributed by atoms with Gasteiger partial charge in [0, 0.05) is 29.4 Å². The second-order valence-electron chi connectivity index (χ2n) is 2.96. The Hall–Kier alpha value is -0.450. The van der Waals surface area contributed by atoms with Gasteiger partial charge in [-0.1, -0.05) is 11.8 Å². The molecule has 74 valence electrons. The molecule has 0 N–H and O–H groups in total. The van der Waals surface area contributed by atoms with Crippen LogP contribution in [0.3, 0.4) is 0 Å². The first-order chi connectivity index (χ1) is 6.43. The Balaban J connectivity index is 0.000000750. The molecule has 1 aliphatic heterocycles. The van der Waals surface area contributed by atoms with Gasteiger partial charge in [-0.3, -0.25) is 0 Å². The third-order valence-corrected chi connectivity index (χ3v) is 3.77. The number of thiophene rings is 1. The molecule has 0 unspecified atom stereocenters. The molecule has 0 saturated carbocycles. The van der Waals surface area contributed by atoms with E-state index in [-0.39, 0.29) is 12.4 Å². The fourth-order valence-corrected chi connectivity index (χ4v) is 3.05. The topological polar surface area (TPSA) is 17.8 Å². The average Bonchev–Trinajstić information content (AvgIpc) is 2.78. The van der Waals surface area contributed by atoms with E-state index in [9.17, 15) is 0 Å². The maximum atomic E-state index is 4.57. The van der Waals surface area contributed by atoms with E-state index in [0.717, 1.165) is 12.2 Å². The van der Waals surface area contributed by atoms with Crippen LogP contribution >= 0.6 is 35.5 Å². The molecule has 5 heteroatoms. The second-order valence-corrected chi connectivity index (χ2v) is 4.80. The van der Waals surface area contributed by atoms with Gasteiger partial charge in [0.25, 0.3) is 0 Å². The van der Waals surface area contributed by atoms with Crippen molar-refractivity contribution >= 4 is 35.5 Å². The molecule has 0 amide bonds. The molecular weight excluding hydrogens is 236 g/mol. The lowest BCUT2D eigenvalue weighted by molar-refractivity contribution is 0.719. The summed E-state index contributed by atoms with van der Waals surface area (Å²) < 4.78 is 2.23. The minimum atomic E-state index is 0. The van der Waals surface area contributed by atoms with Crippen LogP contribution in [0.15, 0.2) is 28.2 Å². The fraction of sp³-hybridized carbons (Fsp3) is 0.222. The van der Waals surface area contributed by atoms with Crippen molar-refractivity contribution in [3.8, 4) is 11.3 Å². The molecule has 0 aromatic carbocycles. The van der Waals surface area contributed by atoms with Crippen LogP contribution in [0.5, 0.6) is 0 Å². The lowest BCUT2D eigenvalue weighted by Crippen LogP contribution is -1.88. The molecule has 0 aliphatic carbocycles. The van der Waals surface area contributed by atoms with E-state index in [2.05, 4.69) is 32.6 Å². The molecular formula is C9H9ClN2S2. The van der Waals surface area contributed by atoms with E-state index in [1.165, 1.54) is 16.5 Å². The summed E-state index contributed by atoms with van der Waals surface area (Å²) in [6.07, 6.45) is 2.15. The molecule has 2 aromatic heterocycles. The number of aromatic nitrogens is 2. The summed E-state index contributed by atoms with van der Waals surface area (Å²) in [5.41, 5.74) is 2.36. The highest BCUT2D eigenvalue weighted by Crippen LogP contribution is 2.29. The van der Waals surface area contributed by atoms with Gasteiger partial charge in [0.15, 0.2) is 5.16 Å². The smallest absolute Gasteiger partial charge is 0.168 e. The van der Waals surface area contributed by atoms with Crippen LogP contribution in [0.4, 0.5) is 0 Å². The highest BCUT2D eigenvalue weighted by molar-refractivity contribution is 7.99. The zero-order valence-electron chi connectivity index (χ0n) is 7.34. The number of nitrogens with zero attached hydrogens (tertiary/aromatic N) is 2. The molecule has 14 heavy (non-hydrogen) atoms. The van der Waals surface area contributed by atoms with Crippen molar-refractivity contribution in [2.45, 2.75) is 11.7 Å². The van der Waals surface area contributed by atoms with Crippen molar-refractivity contribution in [3.05, 3.63) is 23.0 Å². The summed E-state index contributed by atoms with van der Waals surface area (Å²) in [5.74, 6) is 1.17. The van der Waals surface area contributed by atoms with Crippen LogP contribution in [0.2, 0.25) is 0 Å². The summed E-state index contributed by atoms with van der Waals surface area (Å²) in [4.78, 5) is 4.57. The zero-order chi connectivity index (χ0) is 8.67. The molecule has 3 rings (SSSR count). The van der Waals surface area contributed by atoms with Gasteiger partial charge in [-0.2, -0.15) is 11.3 Å². The molecule has 0 fully saturated rings. The maximum absolute atomic E-state index is 4.57. The van der Waals surface area contributed by atoms with E-state index in [1.54, 1.807) is 11.3 Å². The lowest BCUT2D eigenvalue weighted by atomic mass is 10.3. The van der Waals surface area contributed by atoms with Crippen LogP contribution < -0.4 is 0 Å². The normalized spacial score (nSPS) is 13.7. The predicted octanol–water partition coefficient (Wildman–Crippen LogP) is 3.14. The van der Waals surface area contributed by atoms with E-state index >= 15 is 0 Å². The average molecular weight is 245 g/mol. The molecule has 1 aliphatic rings. The first-order valence-electron chi connectivity index (χ1n) is 4.16. The van der Waals surface area contributed by atoms with E-state index < -0.39 is 0 Å². The van der Waals surface area contributed by atoms with Gasteiger partial charge in [-0.25, -0.2) is 4.98 Å². The van der Waals surface area contributed by atoms with Crippen molar-refractivity contribution in [3.63, 3.8) is 0 Å². The van der Waals surface area contributed by atoms with Crippen LogP contribution in [-0.2, 0) is 6.54 Å². The summed E-state index contributed by atoms with van der Waals surface area (Å²) in [6, 6.07) is 2.12. The standard InChI is InChI=1S/C9H8N2S2.ClH/c1-3-12-6-7(1)8-5-11-2-4-13-9(11)10-8;/h1,3,5-6H,2,4H2;1H. The third kappa shape index (κ3) is 1.58. The Morgan fingerprint density at radius 2 is 2.36 bits per heavy atom. The SMILES string of the molecule is Cl.c1cc(-c2cn3c(n2)SCC3)cs1. The van der Waals surface area contributed by atoms with Gasteiger partial charge >= 0.3 is 0 Å². The monoisotopic (exact) mass is 244 g/mol.